The van der Waals surface area contributed by atoms with Crippen molar-refractivity contribution in [2.75, 3.05) is 5.75 Å². The minimum Gasteiger partial charge on any atom is -0.192 e. The summed E-state index contributed by atoms with van der Waals surface area (Å²) < 4.78 is 0. The minimum atomic E-state index is 0.721. The standard InChI is InChI=1S/C12H13NS/c1-10(2)8-14-9-12-5-3-11(7-13)4-6-12/h3-6H,1,8-9H2,2H3. The molecular formula is C12H13NS. The monoisotopic (exact) mass is 203 g/mol. The van der Waals surface area contributed by atoms with Crippen molar-refractivity contribution in [3.05, 3.63) is 47.5 Å². The molecule has 72 valence electrons. The van der Waals surface area contributed by atoms with Crippen LogP contribution in [0.1, 0.15) is 18.1 Å². The van der Waals surface area contributed by atoms with Crippen molar-refractivity contribution >= 4 is 11.8 Å². The molecule has 0 atom stereocenters. The van der Waals surface area contributed by atoms with Gasteiger partial charge in [0.15, 0.2) is 0 Å². The SMILES string of the molecule is C=C(C)CSCc1ccc(C#N)cc1. The van der Waals surface area contributed by atoms with E-state index >= 15 is 0 Å². The van der Waals surface area contributed by atoms with E-state index in [4.69, 9.17) is 5.26 Å². The van der Waals surface area contributed by atoms with Crippen LogP contribution in [-0.4, -0.2) is 5.75 Å². The van der Waals surface area contributed by atoms with Gasteiger partial charge in [0.25, 0.3) is 0 Å². The smallest absolute Gasteiger partial charge is 0.0991 e. The van der Waals surface area contributed by atoms with E-state index in [1.165, 1.54) is 11.1 Å². The molecule has 2 heteroatoms. The van der Waals surface area contributed by atoms with Gasteiger partial charge < -0.3 is 0 Å². The third-order valence-corrected chi connectivity index (χ3v) is 2.93. The number of thioether (sulfide) groups is 1. The van der Waals surface area contributed by atoms with Crippen molar-refractivity contribution in [2.45, 2.75) is 12.7 Å². The molecule has 0 unspecified atom stereocenters. The fraction of sp³-hybridized carbons (Fsp3) is 0.250. The molecule has 0 saturated carbocycles. The lowest BCUT2D eigenvalue weighted by Crippen LogP contribution is -1.84. The molecule has 1 nitrogen and oxygen atoms in total. The third kappa shape index (κ3) is 3.68. The normalized spacial score (nSPS) is 9.43. The molecule has 0 fully saturated rings. The first-order valence-electron chi connectivity index (χ1n) is 4.43. The molecule has 0 aliphatic rings. The quantitative estimate of drug-likeness (QED) is 0.700. The lowest BCUT2D eigenvalue weighted by molar-refractivity contribution is 1.37. The Hall–Kier alpha value is -1.20. The fourth-order valence-electron chi connectivity index (χ4n) is 1.02. The zero-order valence-corrected chi connectivity index (χ0v) is 9.10. The van der Waals surface area contributed by atoms with Gasteiger partial charge in [-0.15, -0.1) is 0 Å². The Morgan fingerprint density at radius 3 is 2.57 bits per heavy atom. The van der Waals surface area contributed by atoms with Crippen LogP contribution in [0.3, 0.4) is 0 Å². The van der Waals surface area contributed by atoms with Gasteiger partial charge in [-0.05, 0) is 24.6 Å². The molecule has 0 amide bonds. The summed E-state index contributed by atoms with van der Waals surface area (Å²) in [6.07, 6.45) is 0. The van der Waals surface area contributed by atoms with Crippen LogP contribution in [0, 0.1) is 11.3 Å². The second kappa shape index (κ2) is 5.51. The fourth-order valence-corrected chi connectivity index (χ4v) is 1.90. The molecule has 0 aromatic heterocycles. The first-order valence-corrected chi connectivity index (χ1v) is 5.59. The van der Waals surface area contributed by atoms with Crippen molar-refractivity contribution in [3.8, 4) is 6.07 Å². The van der Waals surface area contributed by atoms with Gasteiger partial charge in [0.1, 0.15) is 0 Å². The molecule has 0 saturated heterocycles. The van der Waals surface area contributed by atoms with Crippen LogP contribution in [0.4, 0.5) is 0 Å². The molecule has 0 aliphatic carbocycles. The van der Waals surface area contributed by atoms with Gasteiger partial charge >= 0.3 is 0 Å². The van der Waals surface area contributed by atoms with E-state index in [0.29, 0.717) is 0 Å². The van der Waals surface area contributed by atoms with E-state index in [9.17, 15) is 0 Å². The van der Waals surface area contributed by atoms with Crippen LogP contribution in [-0.2, 0) is 5.75 Å². The van der Waals surface area contributed by atoms with Crippen LogP contribution < -0.4 is 0 Å². The molecule has 0 heterocycles. The van der Waals surface area contributed by atoms with Crippen molar-refractivity contribution < 1.29 is 0 Å². The largest absolute Gasteiger partial charge is 0.192 e. The van der Waals surface area contributed by atoms with Gasteiger partial charge in [-0.2, -0.15) is 17.0 Å². The topological polar surface area (TPSA) is 23.8 Å². The van der Waals surface area contributed by atoms with Crippen LogP contribution in [0.25, 0.3) is 0 Å². The highest BCUT2D eigenvalue weighted by molar-refractivity contribution is 7.98. The zero-order chi connectivity index (χ0) is 10.4. The number of hydrogen-bond donors (Lipinski definition) is 0. The maximum Gasteiger partial charge on any atom is 0.0991 e. The van der Waals surface area contributed by atoms with E-state index in [0.717, 1.165) is 17.1 Å². The van der Waals surface area contributed by atoms with Gasteiger partial charge in [0.05, 0.1) is 11.6 Å². The summed E-state index contributed by atoms with van der Waals surface area (Å²) in [5.74, 6) is 1.98. The van der Waals surface area contributed by atoms with E-state index < -0.39 is 0 Å². The van der Waals surface area contributed by atoms with E-state index in [1.807, 2.05) is 43.0 Å². The van der Waals surface area contributed by atoms with E-state index in [1.54, 1.807) is 0 Å². The number of hydrogen-bond acceptors (Lipinski definition) is 2. The average molecular weight is 203 g/mol. The summed E-state index contributed by atoms with van der Waals surface area (Å²) in [6, 6.07) is 9.83. The number of nitriles is 1. The molecule has 1 rings (SSSR count). The minimum absolute atomic E-state index is 0.721. The lowest BCUT2D eigenvalue weighted by Gasteiger charge is -2.01. The summed E-state index contributed by atoms with van der Waals surface area (Å²) in [4.78, 5) is 0. The second-order valence-electron chi connectivity index (χ2n) is 3.26. The molecule has 1 aromatic rings. The molecule has 0 spiro atoms. The van der Waals surface area contributed by atoms with Crippen molar-refractivity contribution in [1.82, 2.24) is 0 Å². The summed E-state index contributed by atoms with van der Waals surface area (Å²) in [7, 11) is 0. The Morgan fingerprint density at radius 2 is 2.07 bits per heavy atom. The highest BCUT2D eigenvalue weighted by Crippen LogP contribution is 2.14. The summed E-state index contributed by atoms with van der Waals surface area (Å²) in [5, 5.41) is 8.61. The Balaban J connectivity index is 2.45. The predicted octanol–water partition coefficient (Wildman–Crippen LogP) is 3.37. The zero-order valence-electron chi connectivity index (χ0n) is 8.29. The highest BCUT2D eigenvalue weighted by atomic mass is 32.2. The molecular weight excluding hydrogens is 190 g/mol. The number of rotatable bonds is 4. The lowest BCUT2D eigenvalue weighted by atomic mass is 10.2. The molecule has 14 heavy (non-hydrogen) atoms. The average Bonchev–Trinajstić information content (AvgIpc) is 2.18. The summed E-state index contributed by atoms with van der Waals surface area (Å²) >= 11 is 1.85. The number of nitrogens with zero attached hydrogens (tertiary/aromatic N) is 1. The van der Waals surface area contributed by atoms with E-state index in [-0.39, 0.29) is 0 Å². The van der Waals surface area contributed by atoms with E-state index in [2.05, 4.69) is 12.6 Å². The van der Waals surface area contributed by atoms with Crippen LogP contribution in [0.2, 0.25) is 0 Å². The first kappa shape index (κ1) is 10.9. The summed E-state index contributed by atoms with van der Waals surface area (Å²) in [6.45, 7) is 5.88. The van der Waals surface area contributed by atoms with Crippen molar-refractivity contribution in [2.24, 2.45) is 0 Å². The Morgan fingerprint density at radius 1 is 1.43 bits per heavy atom. The van der Waals surface area contributed by atoms with Gasteiger partial charge in [-0.3, -0.25) is 0 Å². The Bertz CT molecular complexity index is 346. The molecule has 0 radical (unpaired) electrons. The second-order valence-corrected chi connectivity index (χ2v) is 4.24. The highest BCUT2D eigenvalue weighted by Gasteiger charge is 1.94. The molecule has 0 N–H and O–H groups in total. The molecule has 0 bridgehead atoms. The van der Waals surface area contributed by atoms with Gasteiger partial charge in [-0.1, -0.05) is 24.3 Å². The van der Waals surface area contributed by atoms with Gasteiger partial charge in [-0.25, -0.2) is 0 Å². The number of benzene rings is 1. The van der Waals surface area contributed by atoms with Crippen LogP contribution >= 0.6 is 11.8 Å². The van der Waals surface area contributed by atoms with Crippen molar-refractivity contribution in [1.29, 1.82) is 5.26 Å². The summed E-state index contributed by atoms with van der Waals surface area (Å²) in [5.41, 5.74) is 3.18. The Kier molecular flexibility index (Phi) is 4.28. The van der Waals surface area contributed by atoms with Crippen LogP contribution in [0.5, 0.6) is 0 Å². The van der Waals surface area contributed by atoms with Crippen molar-refractivity contribution in [3.63, 3.8) is 0 Å². The molecule has 1 aromatic carbocycles. The first-order chi connectivity index (χ1) is 6.72. The van der Waals surface area contributed by atoms with Gasteiger partial charge in [0.2, 0.25) is 0 Å². The predicted molar refractivity (Wildman–Crippen MR) is 62.1 cm³/mol. The Labute approximate surface area is 89.4 Å². The van der Waals surface area contributed by atoms with Crippen LogP contribution in [0.15, 0.2) is 36.4 Å². The molecule has 0 aliphatic heterocycles. The maximum absolute atomic E-state index is 8.61. The third-order valence-electron chi connectivity index (χ3n) is 1.70. The van der Waals surface area contributed by atoms with Gasteiger partial charge in [0, 0.05) is 11.5 Å². The maximum atomic E-state index is 8.61.